The van der Waals surface area contributed by atoms with Gasteiger partial charge in [0.15, 0.2) is 0 Å². The van der Waals surface area contributed by atoms with Gasteiger partial charge in [-0.15, -0.1) is 0 Å². The van der Waals surface area contributed by atoms with Gasteiger partial charge in [0.25, 0.3) is 0 Å². The van der Waals surface area contributed by atoms with Crippen molar-refractivity contribution >= 4 is 6.09 Å². The zero-order chi connectivity index (χ0) is 11.4. The summed E-state index contributed by atoms with van der Waals surface area (Å²) in [5.74, 6) is 0. The number of rotatable bonds is 3. The van der Waals surface area contributed by atoms with Crippen molar-refractivity contribution in [2.45, 2.75) is 39.3 Å². The van der Waals surface area contributed by atoms with E-state index < -0.39 is 5.60 Å². The summed E-state index contributed by atoms with van der Waals surface area (Å²) in [5.41, 5.74) is -0.425. The minimum Gasteiger partial charge on any atom is -0.444 e. The number of carbonyl (C=O) groups excluding carboxylic acids is 1. The monoisotopic (exact) mass is 202 g/mol. The first-order valence-electron chi connectivity index (χ1n) is 4.85. The summed E-state index contributed by atoms with van der Waals surface area (Å²) >= 11 is 0. The van der Waals surface area contributed by atoms with Gasteiger partial charge in [-0.25, -0.2) is 4.79 Å². The fourth-order valence-corrected chi connectivity index (χ4v) is 0.728. The highest BCUT2D eigenvalue weighted by Crippen LogP contribution is 2.06. The van der Waals surface area contributed by atoms with Gasteiger partial charge in [-0.1, -0.05) is 0 Å². The minimum atomic E-state index is -0.425. The van der Waals surface area contributed by atoms with Crippen LogP contribution < -0.4 is 5.32 Å². The number of likely N-dealkylation sites (N-methyl/N-ethyl adjacent to an activating group) is 1. The molecule has 0 rings (SSSR count). The number of hydrogen-bond acceptors (Lipinski definition) is 3. The van der Waals surface area contributed by atoms with Gasteiger partial charge in [-0.2, -0.15) is 0 Å². The van der Waals surface area contributed by atoms with E-state index in [-0.39, 0.29) is 6.09 Å². The number of amides is 1. The van der Waals surface area contributed by atoms with E-state index in [0.717, 1.165) is 0 Å². The normalized spacial score (nSPS) is 13.9. The Morgan fingerprint density at radius 2 is 1.93 bits per heavy atom. The molecule has 0 aliphatic heterocycles. The molecule has 0 saturated heterocycles. The number of nitrogens with zero attached hydrogens (tertiary/aromatic N) is 1. The van der Waals surface area contributed by atoms with E-state index in [0.29, 0.717) is 12.6 Å². The van der Waals surface area contributed by atoms with Crippen molar-refractivity contribution in [1.82, 2.24) is 10.2 Å². The van der Waals surface area contributed by atoms with Crippen LogP contribution in [0, 0.1) is 0 Å². The van der Waals surface area contributed by atoms with Crippen LogP contribution in [0.25, 0.3) is 0 Å². The maximum Gasteiger partial charge on any atom is 0.407 e. The van der Waals surface area contributed by atoms with Crippen LogP contribution in [0.15, 0.2) is 0 Å². The first-order chi connectivity index (χ1) is 6.22. The van der Waals surface area contributed by atoms with Gasteiger partial charge in [0.2, 0.25) is 0 Å². The summed E-state index contributed by atoms with van der Waals surface area (Å²) in [5, 5.41) is 2.72. The second-order valence-electron chi connectivity index (χ2n) is 4.70. The van der Waals surface area contributed by atoms with Crippen LogP contribution in [0.4, 0.5) is 4.79 Å². The average molecular weight is 202 g/mol. The Labute approximate surface area is 86.6 Å². The smallest absolute Gasteiger partial charge is 0.407 e. The topological polar surface area (TPSA) is 41.6 Å². The molecule has 4 nitrogen and oxygen atoms in total. The lowest BCUT2D eigenvalue weighted by atomic mass is 10.2. The fourth-order valence-electron chi connectivity index (χ4n) is 0.728. The lowest BCUT2D eigenvalue weighted by molar-refractivity contribution is 0.0516. The van der Waals surface area contributed by atoms with Gasteiger partial charge < -0.3 is 15.0 Å². The number of hydrogen-bond donors (Lipinski definition) is 1. The first-order valence-corrected chi connectivity index (χ1v) is 4.85. The van der Waals surface area contributed by atoms with Gasteiger partial charge in [0, 0.05) is 12.6 Å². The maximum atomic E-state index is 11.2. The minimum absolute atomic E-state index is 0.308. The number of nitrogens with one attached hydrogen (secondary N) is 1. The Kier molecular flexibility index (Phi) is 4.91. The van der Waals surface area contributed by atoms with Crippen molar-refractivity contribution in [3.63, 3.8) is 0 Å². The largest absolute Gasteiger partial charge is 0.444 e. The Bertz CT molecular complexity index is 185. The first kappa shape index (κ1) is 13.2. The summed E-state index contributed by atoms with van der Waals surface area (Å²) in [7, 11) is 3.95. The van der Waals surface area contributed by atoms with Crippen molar-refractivity contribution in [3.8, 4) is 0 Å². The number of alkyl carbamates (subject to hydrolysis) is 1. The van der Waals surface area contributed by atoms with E-state index in [1.165, 1.54) is 0 Å². The maximum absolute atomic E-state index is 11.2. The second-order valence-corrected chi connectivity index (χ2v) is 4.70. The molecule has 84 valence electrons. The summed E-state index contributed by atoms with van der Waals surface area (Å²) in [4.78, 5) is 13.3. The van der Waals surface area contributed by atoms with E-state index in [1.807, 2.05) is 46.7 Å². The van der Waals surface area contributed by atoms with Gasteiger partial charge in [0.1, 0.15) is 5.60 Å². The summed E-state index contributed by atoms with van der Waals surface area (Å²) in [6, 6.07) is 0.308. The van der Waals surface area contributed by atoms with Gasteiger partial charge in [-0.05, 0) is 41.8 Å². The van der Waals surface area contributed by atoms with E-state index in [9.17, 15) is 4.79 Å². The predicted octanol–water partition coefficient (Wildman–Crippen LogP) is 1.46. The molecule has 0 aromatic carbocycles. The molecule has 0 radical (unpaired) electrons. The molecule has 0 unspecified atom stereocenters. The Balaban J connectivity index is 3.75. The number of ether oxygens (including phenoxy) is 1. The van der Waals surface area contributed by atoms with Crippen LogP contribution in [-0.2, 0) is 4.74 Å². The molecule has 1 atom stereocenters. The molecule has 0 aromatic heterocycles. The zero-order valence-electron chi connectivity index (χ0n) is 10.0. The standard InChI is InChI=1S/C10H22N2O2/c1-8(12(5)6)7-11-9(13)14-10(2,3)4/h8H,7H2,1-6H3,(H,11,13)/t8-/m1/s1. The SMILES string of the molecule is C[C@H](CNC(=O)OC(C)(C)C)N(C)C. The molecule has 0 bridgehead atoms. The van der Waals surface area contributed by atoms with E-state index >= 15 is 0 Å². The van der Waals surface area contributed by atoms with Crippen molar-refractivity contribution < 1.29 is 9.53 Å². The predicted molar refractivity (Wildman–Crippen MR) is 57.4 cm³/mol. The Hall–Kier alpha value is -0.770. The third-order valence-corrected chi connectivity index (χ3v) is 1.82. The lowest BCUT2D eigenvalue weighted by Gasteiger charge is -2.23. The molecule has 0 aromatic rings. The molecule has 0 fully saturated rings. The Morgan fingerprint density at radius 1 is 1.43 bits per heavy atom. The molecule has 0 heterocycles. The van der Waals surface area contributed by atoms with E-state index in [4.69, 9.17) is 4.74 Å². The highest BCUT2D eigenvalue weighted by molar-refractivity contribution is 5.67. The van der Waals surface area contributed by atoms with Gasteiger partial charge in [-0.3, -0.25) is 0 Å². The van der Waals surface area contributed by atoms with Crippen LogP contribution in [-0.4, -0.2) is 43.3 Å². The van der Waals surface area contributed by atoms with Crippen molar-refractivity contribution in [1.29, 1.82) is 0 Å². The third-order valence-electron chi connectivity index (χ3n) is 1.82. The third kappa shape index (κ3) is 6.71. The summed E-state index contributed by atoms with van der Waals surface area (Å²) in [6.45, 7) is 8.19. The van der Waals surface area contributed by atoms with Crippen molar-refractivity contribution in [2.24, 2.45) is 0 Å². The molecule has 0 saturated carbocycles. The van der Waals surface area contributed by atoms with Crippen molar-refractivity contribution in [3.05, 3.63) is 0 Å². The zero-order valence-corrected chi connectivity index (χ0v) is 10.0. The number of carbonyl (C=O) groups is 1. The van der Waals surface area contributed by atoms with Crippen molar-refractivity contribution in [2.75, 3.05) is 20.6 Å². The quantitative estimate of drug-likeness (QED) is 0.753. The second kappa shape index (κ2) is 5.20. The molecule has 0 aliphatic rings. The fraction of sp³-hybridized carbons (Fsp3) is 0.900. The molecular weight excluding hydrogens is 180 g/mol. The van der Waals surface area contributed by atoms with Gasteiger partial charge in [0.05, 0.1) is 0 Å². The highest BCUT2D eigenvalue weighted by atomic mass is 16.6. The van der Waals surface area contributed by atoms with E-state index in [1.54, 1.807) is 0 Å². The summed E-state index contributed by atoms with van der Waals surface area (Å²) in [6.07, 6.45) is -0.355. The van der Waals surface area contributed by atoms with Crippen LogP contribution >= 0.6 is 0 Å². The molecule has 0 aliphatic carbocycles. The van der Waals surface area contributed by atoms with Crippen LogP contribution in [0.3, 0.4) is 0 Å². The lowest BCUT2D eigenvalue weighted by Crippen LogP contribution is -2.40. The molecule has 4 heteroatoms. The molecule has 1 N–H and O–H groups in total. The Morgan fingerprint density at radius 3 is 2.29 bits per heavy atom. The average Bonchev–Trinajstić information content (AvgIpc) is 1.96. The van der Waals surface area contributed by atoms with Gasteiger partial charge >= 0.3 is 6.09 Å². The molecule has 0 spiro atoms. The van der Waals surface area contributed by atoms with E-state index in [2.05, 4.69) is 5.32 Å². The molecular formula is C10H22N2O2. The van der Waals surface area contributed by atoms with Crippen LogP contribution in [0.5, 0.6) is 0 Å². The van der Waals surface area contributed by atoms with Crippen LogP contribution in [0.2, 0.25) is 0 Å². The highest BCUT2D eigenvalue weighted by Gasteiger charge is 2.16. The molecule has 1 amide bonds. The summed E-state index contributed by atoms with van der Waals surface area (Å²) < 4.78 is 5.10. The molecule has 14 heavy (non-hydrogen) atoms. The van der Waals surface area contributed by atoms with Crippen LogP contribution in [0.1, 0.15) is 27.7 Å².